The van der Waals surface area contributed by atoms with Gasteiger partial charge in [0, 0.05) is 38.7 Å². The van der Waals surface area contributed by atoms with Crippen LogP contribution in [-0.4, -0.2) is 58.5 Å². The SMILES string of the molecule is CCS(=O)(=O)c1ccc(Oc2cc(CO)c3c(c2)nc(-c2cnccn2)n3COCC[Si](C)(C)C)cn1. The van der Waals surface area contributed by atoms with Gasteiger partial charge in [0.05, 0.1) is 35.8 Å². The average Bonchev–Trinajstić information content (AvgIpc) is 3.25. The van der Waals surface area contributed by atoms with E-state index in [9.17, 15) is 13.5 Å². The summed E-state index contributed by atoms with van der Waals surface area (Å²) in [6, 6.07) is 7.47. The Morgan fingerprint density at radius 3 is 2.49 bits per heavy atom. The minimum absolute atomic E-state index is 0.00432. The molecule has 4 aromatic rings. The second kappa shape index (κ2) is 11.0. The van der Waals surface area contributed by atoms with Gasteiger partial charge in [0.25, 0.3) is 0 Å². The summed E-state index contributed by atoms with van der Waals surface area (Å²) in [5.41, 5.74) is 2.48. The normalized spacial score (nSPS) is 12.2. The number of benzene rings is 1. The van der Waals surface area contributed by atoms with Crippen LogP contribution < -0.4 is 4.74 Å². The summed E-state index contributed by atoms with van der Waals surface area (Å²) in [6.07, 6.45) is 6.19. The molecule has 12 heteroatoms. The Balaban J connectivity index is 1.70. The fraction of sp³-hybridized carbons (Fsp3) is 0.360. The second-order valence-electron chi connectivity index (χ2n) is 9.75. The zero-order valence-corrected chi connectivity index (χ0v) is 23.2. The Morgan fingerprint density at radius 1 is 1.05 bits per heavy atom. The molecule has 1 N–H and O–H groups in total. The van der Waals surface area contributed by atoms with Crippen molar-refractivity contribution in [3.63, 3.8) is 0 Å². The van der Waals surface area contributed by atoms with Gasteiger partial charge in [-0.05, 0) is 24.2 Å². The van der Waals surface area contributed by atoms with Gasteiger partial charge < -0.3 is 14.6 Å². The molecule has 0 bridgehead atoms. The lowest BCUT2D eigenvalue weighted by molar-refractivity contribution is 0.0907. The van der Waals surface area contributed by atoms with Crippen molar-refractivity contribution in [2.75, 3.05) is 12.4 Å². The number of pyridine rings is 1. The number of imidazole rings is 1. The Morgan fingerprint density at radius 2 is 1.86 bits per heavy atom. The Hall–Kier alpha value is -3.19. The molecule has 37 heavy (non-hydrogen) atoms. The monoisotopic (exact) mass is 541 g/mol. The Kier molecular flexibility index (Phi) is 8.02. The van der Waals surface area contributed by atoms with Crippen molar-refractivity contribution in [3.8, 4) is 23.0 Å². The van der Waals surface area contributed by atoms with E-state index in [1.165, 1.54) is 12.3 Å². The molecule has 0 aliphatic rings. The molecule has 10 nitrogen and oxygen atoms in total. The van der Waals surface area contributed by atoms with E-state index in [1.807, 2.05) is 4.57 Å². The van der Waals surface area contributed by atoms with Crippen molar-refractivity contribution in [2.24, 2.45) is 0 Å². The van der Waals surface area contributed by atoms with Gasteiger partial charge in [0.2, 0.25) is 0 Å². The lowest BCUT2D eigenvalue weighted by Gasteiger charge is -2.17. The maximum Gasteiger partial charge on any atom is 0.195 e. The summed E-state index contributed by atoms with van der Waals surface area (Å²) < 4.78 is 37.9. The van der Waals surface area contributed by atoms with E-state index in [0.717, 1.165) is 6.04 Å². The first-order valence-corrected chi connectivity index (χ1v) is 17.3. The first-order chi connectivity index (χ1) is 17.6. The molecule has 0 amide bonds. The summed E-state index contributed by atoms with van der Waals surface area (Å²) in [7, 11) is -4.66. The van der Waals surface area contributed by atoms with Crippen LogP contribution >= 0.6 is 0 Å². The molecule has 0 atom stereocenters. The van der Waals surface area contributed by atoms with Crippen LogP contribution in [0.4, 0.5) is 0 Å². The van der Waals surface area contributed by atoms with E-state index in [0.29, 0.717) is 46.2 Å². The van der Waals surface area contributed by atoms with Crippen LogP contribution in [0.3, 0.4) is 0 Å². The van der Waals surface area contributed by atoms with Gasteiger partial charge in [-0.3, -0.25) is 9.55 Å². The molecule has 0 saturated heterocycles. The van der Waals surface area contributed by atoms with Crippen LogP contribution in [0.2, 0.25) is 25.7 Å². The Bertz CT molecular complexity index is 1470. The first-order valence-electron chi connectivity index (χ1n) is 12.0. The lowest BCUT2D eigenvalue weighted by Crippen LogP contribution is -2.22. The number of ether oxygens (including phenoxy) is 2. The molecule has 0 aliphatic heterocycles. The van der Waals surface area contributed by atoms with Crippen LogP contribution in [0, 0.1) is 0 Å². The van der Waals surface area contributed by atoms with Gasteiger partial charge in [0.15, 0.2) is 20.7 Å². The number of aliphatic hydroxyl groups is 1. The molecule has 0 unspecified atom stereocenters. The van der Waals surface area contributed by atoms with E-state index in [2.05, 4.69) is 34.6 Å². The van der Waals surface area contributed by atoms with E-state index in [4.69, 9.17) is 14.5 Å². The molecule has 4 rings (SSSR count). The van der Waals surface area contributed by atoms with Crippen molar-refractivity contribution in [3.05, 3.63) is 54.6 Å². The molecule has 0 fully saturated rings. The van der Waals surface area contributed by atoms with Crippen LogP contribution in [0.5, 0.6) is 11.5 Å². The minimum atomic E-state index is -3.41. The van der Waals surface area contributed by atoms with Gasteiger partial charge >= 0.3 is 0 Å². The van der Waals surface area contributed by atoms with Gasteiger partial charge in [-0.25, -0.2) is 23.4 Å². The van der Waals surface area contributed by atoms with Crippen molar-refractivity contribution in [1.29, 1.82) is 0 Å². The van der Waals surface area contributed by atoms with E-state index >= 15 is 0 Å². The van der Waals surface area contributed by atoms with Gasteiger partial charge in [-0.1, -0.05) is 26.6 Å². The molecule has 196 valence electrons. The van der Waals surface area contributed by atoms with Gasteiger partial charge in [-0.2, -0.15) is 0 Å². The van der Waals surface area contributed by atoms with Crippen LogP contribution in [0.15, 0.2) is 54.1 Å². The largest absolute Gasteiger partial charge is 0.456 e. The number of nitrogens with zero attached hydrogens (tertiary/aromatic N) is 5. The number of aromatic nitrogens is 5. The summed E-state index contributed by atoms with van der Waals surface area (Å²) in [5, 5.41) is 10.2. The highest BCUT2D eigenvalue weighted by atomic mass is 32.2. The number of aliphatic hydroxyl groups excluding tert-OH is 1. The highest BCUT2D eigenvalue weighted by Gasteiger charge is 2.20. The van der Waals surface area contributed by atoms with E-state index in [-0.39, 0.29) is 24.1 Å². The zero-order chi connectivity index (χ0) is 26.6. The van der Waals surface area contributed by atoms with Crippen molar-refractivity contribution >= 4 is 28.9 Å². The first kappa shape index (κ1) is 26.9. The van der Waals surface area contributed by atoms with Crippen molar-refractivity contribution < 1.29 is 23.0 Å². The molecule has 3 heterocycles. The quantitative estimate of drug-likeness (QED) is 0.218. The van der Waals surface area contributed by atoms with Gasteiger partial charge in [-0.15, -0.1) is 0 Å². The van der Waals surface area contributed by atoms with Crippen LogP contribution in [-0.2, 0) is 27.9 Å². The van der Waals surface area contributed by atoms with Crippen LogP contribution in [0.25, 0.3) is 22.6 Å². The number of sulfone groups is 1. The van der Waals surface area contributed by atoms with Crippen molar-refractivity contribution in [2.45, 2.75) is 51.0 Å². The maximum absolute atomic E-state index is 12.0. The molecule has 0 spiro atoms. The van der Waals surface area contributed by atoms with Crippen molar-refractivity contribution in [1.82, 2.24) is 24.5 Å². The summed E-state index contributed by atoms with van der Waals surface area (Å²) in [4.78, 5) is 17.4. The zero-order valence-electron chi connectivity index (χ0n) is 21.4. The molecule has 0 radical (unpaired) electrons. The molecule has 0 aliphatic carbocycles. The third-order valence-electron chi connectivity index (χ3n) is 5.72. The number of fused-ring (bicyclic) bond motifs is 1. The standard InChI is InChI=1S/C25H31N5O5SSi/c1-5-36(32,33)23-7-6-19(14-28-23)35-20-12-18(16-31)24-21(13-20)29-25(22-15-26-8-9-27-22)30(24)17-34-10-11-37(2,3)4/h6-9,12-15,31H,5,10-11,16-17H2,1-4H3. The third-order valence-corrected chi connectivity index (χ3v) is 9.06. The molecular formula is C25H31N5O5SSi. The predicted octanol–water partition coefficient (Wildman–Crippen LogP) is 4.28. The molecule has 0 saturated carbocycles. The summed E-state index contributed by atoms with van der Waals surface area (Å²) in [6.45, 7) is 9.08. The summed E-state index contributed by atoms with van der Waals surface area (Å²) >= 11 is 0. The molecule has 3 aromatic heterocycles. The average molecular weight is 542 g/mol. The number of hydrogen-bond acceptors (Lipinski definition) is 9. The maximum atomic E-state index is 12.0. The number of rotatable bonds is 11. The lowest BCUT2D eigenvalue weighted by atomic mass is 10.2. The highest BCUT2D eigenvalue weighted by molar-refractivity contribution is 7.91. The number of hydrogen-bond donors (Lipinski definition) is 1. The third kappa shape index (κ3) is 6.39. The topological polar surface area (TPSA) is 129 Å². The fourth-order valence-electron chi connectivity index (χ4n) is 3.67. The highest BCUT2D eigenvalue weighted by Crippen LogP contribution is 2.32. The molecular weight excluding hydrogens is 510 g/mol. The van der Waals surface area contributed by atoms with Gasteiger partial charge in [0.1, 0.15) is 23.9 Å². The minimum Gasteiger partial charge on any atom is -0.456 e. The predicted molar refractivity (Wildman–Crippen MR) is 143 cm³/mol. The second-order valence-corrected chi connectivity index (χ2v) is 17.6. The van der Waals surface area contributed by atoms with Crippen LogP contribution in [0.1, 0.15) is 12.5 Å². The molecule has 1 aromatic carbocycles. The van der Waals surface area contributed by atoms with E-state index < -0.39 is 17.9 Å². The Labute approximate surface area is 217 Å². The summed E-state index contributed by atoms with van der Waals surface area (Å²) in [5.74, 6) is 1.33. The van der Waals surface area contributed by atoms with E-state index in [1.54, 1.807) is 43.7 Å². The smallest absolute Gasteiger partial charge is 0.195 e. The fourth-order valence-corrected chi connectivity index (χ4v) is 5.21.